The summed E-state index contributed by atoms with van der Waals surface area (Å²) in [6.07, 6.45) is -0.488. The number of fused-ring (bicyclic) bond motifs is 1. The Labute approximate surface area is 170 Å². The number of alkyl halides is 3. The largest absolute Gasteiger partial charge is 0.573 e. The fourth-order valence-corrected chi connectivity index (χ4v) is 3.45. The highest BCUT2D eigenvalue weighted by molar-refractivity contribution is 6.04. The van der Waals surface area contributed by atoms with E-state index in [1.165, 1.54) is 6.07 Å². The molecule has 3 aromatic carbocycles. The number of hydrogen-bond acceptors (Lipinski definition) is 2. The van der Waals surface area contributed by atoms with Crippen molar-refractivity contribution in [2.75, 3.05) is 0 Å². The van der Waals surface area contributed by atoms with Crippen LogP contribution in [-0.4, -0.2) is 12.6 Å². The van der Waals surface area contributed by atoms with Crippen molar-refractivity contribution in [2.45, 2.75) is 39.0 Å². The van der Waals surface area contributed by atoms with Crippen LogP contribution in [-0.2, 0) is 6.42 Å². The molecule has 0 fully saturated rings. The second-order valence-electron chi connectivity index (χ2n) is 6.97. The molecule has 2 nitrogen and oxygen atoms in total. The van der Waals surface area contributed by atoms with E-state index in [2.05, 4.69) is 11.7 Å². The number of benzene rings is 3. The third-order valence-electron chi connectivity index (χ3n) is 4.84. The van der Waals surface area contributed by atoms with Gasteiger partial charge in [-0.15, -0.1) is 13.2 Å². The molecular weight excluding hydrogens is 403 g/mol. The predicted molar refractivity (Wildman–Crippen MR) is 105 cm³/mol. The number of aryl methyl sites for hydroxylation is 1. The molecule has 0 bridgehead atoms. The topological polar surface area (TPSA) is 26.3 Å². The third-order valence-corrected chi connectivity index (χ3v) is 4.84. The minimum absolute atomic E-state index is 0.0597. The van der Waals surface area contributed by atoms with E-state index in [4.69, 9.17) is 0 Å². The fraction of sp³-hybridized carbons (Fsp3) is 0.261. The van der Waals surface area contributed by atoms with E-state index in [9.17, 15) is 26.7 Å². The van der Waals surface area contributed by atoms with Crippen LogP contribution in [0.25, 0.3) is 21.9 Å². The maximum absolute atomic E-state index is 14.1. The minimum atomic E-state index is -5.23. The van der Waals surface area contributed by atoms with Crippen LogP contribution in [0.5, 0.6) is 5.75 Å². The average molecular weight is 422 g/mol. The Kier molecular flexibility index (Phi) is 6.39. The first-order chi connectivity index (χ1) is 14.2. The summed E-state index contributed by atoms with van der Waals surface area (Å²) in [5.41, 5.74) is 1.48. The van der Waals surface area contributed by atoms with Gasteiger partial charge in [0.05, 0.1) is 0 Å². The summed E-state index contributed by atoms with van der Waals surface area (Å²) in [6, 6.07) is 10.3. The first kappa shape index (κ1) is 21.7. The molecule has 0 atom stereocenters. The van der Waals surface area contributed by atoms with E-state index in [1.807, 2.05) is 12.1 Å². The van der Waals surface area contributed by atoms with Gasteiger partial charge in [0, 0.05) is 5.56 Å². The standard InChI is InChI=1S/C23H19F5O2/c1-2-3-4-5-14-6-8-17-15(10-14)7-9-18(19(17)13-29)16-11-20(24)22(21(25)12-16)30-23(26,27)28/h6-13H,2-5H2,1H3. The quantitative estimate of drug-likeness (QED) is 0.228. The molecule has 0 amide bonds. The van der Waals surface area contributed by atoms with E-state index in [0.717, 1.165) is 48.8 Å². The van der Waals surface area contributed by atoms with Crippen molar-refractivity contribution in [3.05, 3.63) is 65.2 Å². The van der Waals surface area contributed by atoms with E-state index >= 15 is 0 Å². The maximum Gasteiger partial charge on any atom is 0.573 e. The third kappa shape index (κ3) is 4.78. The molecular formula is C23H19F5O2. The van der Waals surface area contributed by atoms with Crippen molar-refractivity contribution in [3.63, 3.8) is 0 Å². The van der Waals surface area contributed by atoms with Crippen LogP contribution in [0.4, 0.5) is 22.0 Å². The highest BCUT2D eigenvalue weighted by Gasteiger charge is 2.34. The maximum atomic E-state index is 14.1. The first-order valence-electron chi connectivity index (χ1n) is 9.49. The lowest BCUT2D eigenvalue weighted by atomic mass is 9.93. The molecule has 0 saturated carbocycles. The van der Waals surface area contributed by atoms with Gasteiger partial charge >= 0.3 is 6.36 Å². The Hall–Kier alpha value is -2.96. The molecule has 0 N–H and O–H groups in total. The van der Waals surface area contributed by atoms with Gasteiger partial charge in [-0.2, -0.15) is 0 Å². The van der Waals surface area contributed by atoms with Crippen LogP contribution < -0.4 is 4.74 Å². The molecule has 3 aromatic rings. The molecule has 0 aromatic heterocycles. The summed E-state index contributed by atoms with van der Waals surface area (Å²) < 4.78 is 68.7. The van der Waals surface area contributed by atoms with Gasteiger partial charge in [0.1, 0.15) is 0 Å². The normalized spacial score (nSPS) is 11.7. The SMILES string of the molecule is CCCCCc1ccc2c(C=O)c(-c3cc(F)c(OC(F)(F)F)c(F)c3)ccc2c1. The Morgan fingerprint density at radius 3 is 2.27 bits per heavy atom. The Bertz CT molecular complexity index is 1050. The number of ether oxygens (including phenoxy) is 1. The molecule has 7 heteroatoms. The smallest absolute Gasteiger partial charge is 0.399 e. The van der Waals surface area contributed by atoms with Crippen LogP contribution in [0.1, 0.15) is 42.1 Å². The van der Waals surface area contributed by atoms with Gasteiger partial charge in [0.2, 0.25) is 5.75 Å². The summed E-state index contributed by atoms with van der Waals surface area (Å²) in [6.45, 7) is 2.12. The van der Waals surface area contributed by atoms with Crippen LogP contribution in [0.2, 0.25) is 0 Å². The Balaban J connectivity index is 2.04. The highest BCUT2D eigenvalue weighted by atomic mass is 19.4. The molecule has 0 radical (unpaired) electrons. The van der Waals surface area contributed by atoms with Crippen molar-refractivity contribution in [1.82, 2.24) is 0 Å². The number of hydrogen-bond donors (Lipinski definition) is 0. The van der Waals surface area contributed by atoms with E-state index in [0.29, 0.717) is 11.7 Å². The van der Waals surface area contributed by atoms with Crippen LogP contribution >= 0.6 is 0 Å². The number of rotatable bonds is 7. The van der Waals surface area contributed by atoms with E-state index in [-0.39, 0.29) is 16.7 Å². The van der Waals surface area contributed by atoms with Crippen molar-refractivity contribution in [2.24, 2.45) is 0 Å². The van der Waals surface area contributed by atoms with E-state index < -0.39 is 23.7 Å². The lowest BCUT2D eigenvalue weighted by Gasteiger charge is -2.14. The number of carbonyl (C=O) groups excluding carboxylic acids is 1. The monoisotopic (exact) mass is 422 g/mol. The lowest BCUT2D eigenvalue weighted by molar-refractivity contribution is -0.276. The highest BCUT2D eigenvalue weighted by Crippen LogP contribution is 2.35. The zero-order valence-corrected chi connectivity index (χ0v) is 16.2. The molecule has 0 saturated heterocycles. The summed E-state index contributed by atoms with van der Waals surface area (Å²) in [5, 5.41) is 1.39. The van der Waals surface area contributed by atoms with Crippen LogP contribution in [0, 0.1) is 11.6 Å². The zero-order valence-electron chi connectivity index (χ0n) is 16.2. The van der Waals surface area contributed by atoms with Crippen LogP contribution in [0.15, 0.2) is 42.5 Å². The van der Waals surface area contributed by atoms with Gasteiger partial charge < -0.3 is 4.74 Å². The summed E-state index contributed by atoms with van der Waals surface area (Å²) in [7, 11) is 0. The molecule has 0 aliphatic carbocycles. The van der Waals surface area contributed by atoms with Crippen molar-refractivity contribution < 1.29 is 31.5 Å². The predicted octanol–water partition coefficient (Wildman–Crippen LogP) is 7.23. The van der Waals surface area contributed by atoms with Gasteiger partial charge in [-0.25, -0.2) is 8.78 Å². The number of unbranched alkanes of at least 4 members (excludes halogenated alkanes) is 2. The molecule has 30 heavy (non-hydrogen) atoms. The van der Waals surface area contributed by atoms with E-state index in [1.54, 1.807) is 12.1 Å². The molecule has 3 rings (SSSR count). The molecule has 158 valence electrons. The minimum Gasteiger partial charge on any atom is -0.399 e. The number of aldehydes is 1. The number of halogens is 5. The summed E-state index contributed by atoms with van der Waals surface area (Å²) >= 11 is 0. The van der Waals surface area contributed by atoms with Crippen LogP contribution in [0.3, 0.4) is 0 Å². The summed E-state index contributed by atoms with van der Waals surface area (Å²) in [5.74, 6) is -4.55. The Morgan fingerprint density at radius 2 is 1.67 bits per heavy atom. The lowest BCUT2D eigenvalue weighted by Crippen LogP contribution is -2.19. The molecule has 0 aliphatic heterocycles. The van der Waals surface area contributed by atoms with Crippen molar-refractivity contribution in [3.8, 4) is 16.9 Å². The van der Waals surface area contributed by atoms with Gasteiger partial charge in [-0.3, -0.25) is 4.79 Å². The zero-order chi connectivity index (χ0) is 21.9. The average Bonchev–Trinajstić information content (AvgIpc) is 2.69. The molecule has 0 heterocycles. The van der Waals surface area contributed by atoms with Gasteiger partial charge in [-0.05, 0) is 52.4 Å². The van der Waals surface area contributed by atoms with Gasteiger partial charge in [0.15, 0.2) is 17.9 Å². The number of carbonyl (C=O) groups is 1. The fourth-order valence-electron chi connectivity index (χ4n) is 3.45. The second-order valence-corrected chi connectivity index (χ2v) is 6.97. The van der Waals surface area contributed by atoms with Gasteiger partial charge in [-0.1, -0.05) is 50.1 Å². The Morgan fingerprint density at radius 1 is 0.967 bits per heavy atom. The molecule has 0 spiro atoms. The summed E-state index contributed by atoms with van der Waals surface area (Å²) in [4.78, 5) is 11.8. The molecule has 0 aliphatic rings. The second kappa shape index (κ2) is 8.81. The molecule has 0 unspecified atom stereocenters. The first-order valence-corrected chi connectivity index (χ1v) is 9.49. The van der Waals surface area contributed by atoms with Crippen molar-refractivity contribution in [1.29, 1.82) is 0 Å². The van der Waals surface area contributed by atoms with Gasteiger partial charge in [0.25, 0.3) is 0 Å². The van der Waals surface area contributed by atoms with Crippen molar-refractivity contribution >= 4 is 17.1 Å².